The van der Waals surface area contributed by atoms with Gasteiger partial charge in [-0.3, -0.25) is 0 Å². The van der Waals surface area contributed by atoms with Crippen molar-refractivity contribution in [3.05, 3.63) is 48.0 Å². The smallest absolute Gasteiger partial charge is 0.222 e. The average Bonchev–Trinajstić information content (AvgIpc) is 3.06. The van der Waals surface area contributed by atoms with Gasteiger partial charge in [-0.25, -0.2) is 10.4 Å². The van der Waals surface area contributed by atoms with Crippen molar-refractivity contribution < 1.29 is 9.47 Å². The zero-order chi connectivity index (χ0) is 18.2. The molecule has 0 atom stereocenters. The lowest BCUT2D eigenvalue weighted by Crippen LogP contribution is -2.01. The lowest BCUT2D eigenvalue weighted by atomic mass is 10.2. The van der Waals surface area contributed by atoms with E-state index in [-0.39, 0.29) is 0 Å². The molecule has 6 heteroatoms. The number of hydrazone groups is 1. The molecule has 0 fully saturated rings. The van der Waals surface area contributed by atoms with Gasteiger partial charge in [0.1, 0.15) is 0 Å². The third kappa shape index (κ3) is 4.53. The van der Waals surface area contributed by atoms with Crippen LogP contribution in [0.5, 0.6) is 11.5 Å². The zero-order valence-corrected chi connectivity index (χ0v) is 15.2. The van der Waals surface area contributed by atoms with E-state index in [0.29, 0.717) is 19.2 Å². The Balaban J connectivity index is 1.67. The predicted octanol–water partition coefficient (Wildman–Crippen LogP) is 4.59. The number of fused-ring (bicyclic) bond motifs is 1. The Morgan fingerprint density at radius 3 is 2.81 bits per heavy atom. The molecule has 0 spiro atoms. The van der Waals surface area contributed by atoms with Gasteiger partial charge in [0.15, 0.2) is 11.5 Å². The standard InChI is InChI=1S/C20H24N4O2/c1-3-5-12-26-18-11-10-15(13-19(18)25-4-2)14-21-24-20-22-16-8-6-7-9-17(16)23-20/h6-11,13-14H,3-5,12H2,1-2H3,(H2,22,23,24)/b21-14-. The molecule has 0 aliphatic rings. The van der Waals surface area contributed by atoms with Gasteiger partial charge in [-0.05, 0) is 49.2 Å². The van der Waals surface area contributed by atoms with Crippen molar-refractivity contribution in [3.63, 3.8) is 0 Å². The van der Waals surface area contributed by atoms with Gasteiger partial charge in [0.25, 0.3) is 0 Å². The summed E-state index contributed by atoms with van der Waals surface area (Å²) in [5.41, 5.74) is 5.71. The van der Waals surface area contributed by atoms with Crippen LogP contribution in [0.2, 0.25) is 0 Å². The van der Waals surface area contributed by atoms with E-state index in [0.717, 1.165) is 40.9 Å². The first-order valence-electron chi connectivity index (χ1n) is 8.93. The summed E-state index contributed by atoms with van der Waals surface area (Å²) in [6.07, 6.45) is 3.85. The molecule has 0 saturated heterocycles. The molecular weight excluding hydrogens is 328 g/mol. The second-order valence-electron chi connectivity index (χ2n) is 5.81. The summed E-state index contributed by atoms with van der Waals surface area (Å²) in [5, 5.41) is 4.25. The fraction of sp³-hybridized carbons (Fsp3) is 0.300. The van der Waals surface area contributed by atoms with Crippen LogP contribution in [0.25, 0.3) is 11.0 Å². The first-order chi connectivity index (χ1) is 12.8. The quantitative estimate of drug-likeness (QED) is 0.336. The van der Waals surface area contributed by atoms with Gasteiger partial charge >= 0.3 is 0 Å². The average molecular weight is 352 g/mol. The number of nitrogens with zero attached hydrogens (tertiary/aromatic N) is 2. The molecule has 6 nitrogen and oxygen atoms in total. The lowest BCUT2D eigenvalue weighted by Gasteiger charge is -2.12. The van der Waals surface area contributed by atoms with Crippen LogP contribution in [-0.2, 0) is 0 Å². The second kappa shape index (κ2) is 8.89. The molecule has 136 valence electrons. The molecular formula is C20H24N4O2. The number of nitrogens with one attached hydrogen (secondary N) is 2. The fourth-order valence-corrected chi connectivity index (χ4v) is 2.49. The molecule has 2 aromatic carbocycles. The minimum absolute atomic E-state index is 0.585. The normalized spacial score (nSPS) is 11.2. The van der Waals surface area contributed by atoms with E-state index in [9.17, 15) is 0 Å². The molecule has 0 aliphatic carbocycles. The third-order valence-corrected chi connectivity index (χ3v) is 3.80. The summed E-state index contributed by atoms with van der Waals surface area (Å²) >= 11 is 0. The summed E-state index contributed by atoms with van der Waals surface area (Å²) in [5.74, 6) is 2.10. The van der Waals surface area contributed by atoms with E-state index < -0.39 is 0 Å². The van der Waals surface area contributed by atoms with E-state index in [1.165, 1.54) is 0 Å². The van der Waals surface area contributed by atoms with Crippen LogP contribution in [0.15, 0.2) is 47.6 Å². The Morgan fingerprint density at radius 1 is 1.12 bits per heavy atom. The van der Waals surface area contributed by atoms with Gasteiger partial charge < -0.3 is 14.5 Å². The molecule has 26 heavy (non-hydrogen) atoms. The van der Waals surface area contributed by atoms with Crippen LogP contribution in [0.4, 0.5) is 5.95 Å². The van der Waals surface area contributed by atoms with E-state index in [1.54, 1.807) is 6.21 Å². The topological polar surface area (TPSA) is 71.5 Å². The maximum atomic E-state index is 5.79. The molecule has 0 bridgehead atoms. The molecule has 0 aliphatic heterocycles. The van der Waals surface area contributed by atoms with Crippen molar-refractivity contribution in [3.8, 4) is 11.5 Å². The molecule has 0 amide bonds. The summed E-state index contributed by atoms with van der Waals surface area (Å²) in [6, 6.07) is 13.6. The molecule has 3 aromatic rings. The van der Waals surface area contributed by atoms with Gasteiger partial charge in [-0.2, -0.15) is 5.10 Å². The van der Waals surface area contributed by atoms with Crippen molar-refractivity contribution in [2.24, 2.45) is 5.10 Å². The number of unbranched alkanes of at least 4 members (excludes halogenated alkanes) is 1. The van der Waals surface area contributed by atoms with Gasteiger partial charge in [-0.1, -0.05) is 25.5 Å². The van der Waals surface area contributed by atoms with E-state index in [1.807, 2.05) is 49.4 Å². The number of hydrogen-bond donors (Lipinski definition) is 2. The summed E-state index contributed by atoms with van der Waals surface area (Å²) < 4.78 is 11.5. The van der Waals surface area contributed by atoms with Crippen LogP contribution in [-0.4, -0.2) is 29.4 Å². The van der Waals surface area contributed by atoms with Crippen LogP contribution in [0, 0.1) is 0 Å². The van der Waals surface area contributed by atoms with Gasteiger partial charge in [-0.15, -0.1) is 0 Å². The molecule has 1 aromatic heterocycles. The number of aromatic amines is 1. The monoisotopic (exact) mass is 352 g/mol. The van der Waals surface area contributed by atoms with Crippen molar-refractivity contribution in [1.29, 1.82) is 0 Å². The highest BCUT2D eigenvalue weighted by molar-refractivity contribution is 5.82. The number of benzene rings is 2. The number of H-pyrrole nitrogens is 1. The van der Waals surface area contributed by atoms with Crippen molar-refractivity contribution in [2.45, 2.75) is 26.7 Å². The number of aromatic nitrogens is 2. The third-order valence-electron chi connectivity index (χ3n) is 3.80. The maximum absolute atomic E-state index is 5.79. The Labute approximate surface area is 153 Å². The summed E-state index contributed by atoms with van der Waals surface area (Å²) in [6.45, 7) is 5.38. The largest absolute Gasteiger partial charge is 0.490 e. The first-order valence-corrected chi connectivity index (χ1v) is 8.93. The zero-order valence-electron chi connectivity index (χ0n) is 15.2. The Morgan fingerprint density at radius 2 is 2.00 bits per heavy atom. The Bertz CT molecular complexity index is 840. The van der Waals surface area contributed by atoms with Crippen LogP contribution < -0.4 is 14.9 Å². The van der Waals surface area contributed by atoms with Gasteiger partial charge in [0.05, 0.1) is 30.5 Å². The summed E-state index contributed by atoms with van der Waals surface area (Å²) in [7, 11) is 0. The number of imidazole rings is 1. The molecule has 0 unspecified atom stereocenters. The number of rotatable bonds is 9. The molecule has 3 rings (SSSR count). The van der Waals surface area contributed by atoms with E-state index in [4.69, 9.17) is 9.47 Å². The van der Waals surface area contributed by atoms with Crippen molar-refractivity contribution >= 4 is 23.2 Å². The number of para-hydroxylation sites is 2. The van der Waals surface area contributed by atoms with Crippen LogP contribution >= 0.6 is 0 Å². The molecule has 2 N–H and O–H groups in total. The highest BCUT2D eigenvalue weighted by Gasteiger charge is 2.06. The second-order valence-corrected chi connectivity index (χ2v) is 5.81. The van der Waals surface area contributed by atoms with E-state index >= 15 is 0 Å². The minimum Gasteiger partial charge on any atom is -0.490 e. The predicted molar refractivity (Wildman–Crippen MR) is 105 cm³/mol. The maximum Gasteiger partial charge on any atom is 0.222 e. The highest BCUT2D eigenvalue weighted by Crippen LogP contribution is 2.28. The first kappa shape index (κ1) is 17.8. The van der Waals surface area contributed by atoms with Crippen LogP contribution in [0.1, 0.15) is 32.3 Å². The Kier molecular flexibility index (Phi) is 6.09. The lowest BCUT2D eigenvalue weighted by molar-refractivity contribution is 0.272. The molecule has 1 heterocycles. The minimum atomic E-state index is 0.585. The fourth-order valence-electron chi connectivity index (χ4n) is 2.49. The van der Waals surface area contributed by atoms with Gasteiger partial charge in [0.2, 0.25) is 5.95 Å². The molecule has 0 saturated carbocycles. The van der Waals surface area contributed by atoms with Crippen molar-refractivity contribution in [2.75, 3.05) is 18.6 Å². The summed E-state index contributed by atoms with van der Waals surface area (Å²) in [4.78, 5) is 7.59. The van der Waals surface area contributed by atoms with E-state index in [2.05, 4.69) is 27.4 Å². The Hall–Kier alpha value is -3.02. The number of anilines is 1. The SMILES string of the molecule is CCCCOc1ccc(/C=N\Nc2nc3ccccc3[nH]2)cc1OCC. The molecule has 0 radical (unpaired) electrons. The van der Waals surface area contributed by atoms with Crippen LogP contribution in [0.3, 0.4) is 0 Å². The van der Waals surface area contributed by atoms with Gasteiger partial charge in [0, 0.05) is 0 Å². The van der Waals surface area contributed by atoms with Crippen molar-refractivity contribution in [1.82, 2.24) is 9.97 Å². The number of hydrogen-bond acceptors (Lipinski definition) is 5. The highest BCUT2D eigenvalue weighted by atomic mass is 16.5. The number of ether oxygens (including phenoxy) is 2.